The standard InChI is InChI=1S/C2H3O4/c3-1-5-2-6-4/h2,4-5H/q-1/p-1. The first-order chi connectivity index (χ1) is 2.91. The second-order valence-corrected chi connectivity index (χ2v) is 0.422. The molecule has 1 N–H and O–H groups in total. The van der Waals surface area contributed by atoms with E-state index >= 15 is 0 Å². The highest BCUT2D eigenvalue weighted by atomic mass is 17.1. The maximum absolute atomic E-state index is 9.02. The van der Waals surface area contributed by atoms with Crippen molar-refractivity contribution in [1.29, 1.82) is 0 Å². The van der Waals surface area contributed by atoms with Gasteiger partial charge in [0.1, 0.15) is 0 Å². The van der Waals surface area contributed by atoms with Crippen LogP contribution < -0.4 is 5.26 Å². The molecule has 4 nitrogen and oxygen atoms in total. The number of hydrogen-bond donors (Lipinski definition) is 0. The second kappa shape index (κ2) is 4.39. The molecule has 0 fully saturated rings. The summed E-state index contributed by atoms with van der Waals surface area (Å²) < 4.78 is 2.62. The Hall–Kier alpha value is -0.610. The van der Waals surface area contributed by atoms with Gasteiger partial charge in [0, 0.05) is 0 Å². The summed E-state index contributed by atoms with van der Waals surface area (Å²) in [5.74, 6) is 0. The molecule has 0 bridgehead atoms. The molecule has 0 radical (unpaired) electrons. The van der Waals surface area contributed by atoms with Gasteiger partial charge >= 0.3 is 0 Å². The van der Waals surface area contributed by atoms with E-state index in [1.54, 1.807) is 0 Å². The van der Waals surface area contributed by atoms with E-state index in [9.17, 15) is 0 Å². The smallest absolute Gasteiger partial charge is 0.187 e. The molecule has 0 rings (SSSR count). The quantitative estimate of drug-likeness (QED) is 0.140. The van der Waals surface area contributed by atoms with Crippen molar-refractivity contribution in [3.05, 3.63) is 6.79 Å². The first kappa shape index (κ1) is 5.39. The topological polar surface area (TPSA) is 62.2 Å². The van der Waals surface area contributed by atoms with Crippen LogP contribution in [-0.2, 0) is 9.68 Å². The number of hydrogen-bond acceptors (Lipinski definition) is 3. The van der Waals surface area contributed by atoms with E-state index in [-0.39, 0.29) is 0 Å². The zero-order chi connectivity index (χ0) is 4.83. The Labute approximate surface area is 34.2 Å². The van der Waals surface area contributed by atoms with E-state index in [0.717, 1.165) is 6.47 Å². The molecule has 0 aliphatic heterocycles. The fraction of sp³-hybridized carbons (Fsp3) is 0. The monoisotopic (exact) mass is 90.0 g/mol. The molecular formula is C2H2O4-2. The van der Waals surface area contributed by atoms with Crippen LogP contribution in [0.25, 0.3) is 0 Å². The Morgan fingerprint density at radius 3 is 2.83 bits per heavy atom. The average Bonchev–Trinajstić information content (AvgIpc) is 1.61. The van der Waals surface area contributed by atoms with E-state index in [1.807, 2.05) is 0 Å². The van der Waals surface area contributed by atoms with Gasteiger partial charge in [0.25, 0.3) is 0 Å². The summed E-state index contributed by atoms with van der Waals surface area (Å²) in [7, 11) is 0. The fourth-order valence-corrected chi connectivity index (χ4v) is 0.0430. The lowest BCUT2D eigenvalue weighted by atomic mass is 11.4. The Morgan fingerprint density at radius 2 is 2.67 bits per heavy atom. The zero-order valence-electron chi connectivity index (χ0n) is 2.75. The Kier molecular flexibility index (Phi) is 3.94. The van der Waals surface area contributed by atoms with E-state index in [2.05, 4.69) is 9.62 Å². The van der Waals surface area contributed by atoms with Crippen LogP contribution >= 0.6 is 0 Å². The van der Waals surface area contributed by atoms with Gasteiger partial charge in [0.05, 0.1) is 0 Å². The lowest BCUT2D eigenvalue weighted by Crippen LogP contribution is -2.05. The van der Waals surface area contributed by atoms with Crippen molar-refractivity contribution < 1.29 is 19.7 Å². The van der Waals surface area contributed by atoms with E-state index in [1.165, 1.54) is 0 Å². The Bertz CT molecular complexity index is 34.5. The third-order valence-electron chi connectivity index (χ3n) is 0.148. The number of rotatable bonds is 3. The van der Waals surface area contributed by atoms with E-state index < -0.39 is 0 Å². The maximum Gasteiger partial charge on any atom is 0.187 e. The van der Waals surface area contributed by atoms with Gasteiger partial charge in [-0.3, -0.25) is 0 Å². The van der Waals surface area contributed by atoms with Crippen LogP contribution in [0.3, 0.4) is 0 Å². The molecule has 0 amide bonds. The van der Waals surface area contributed by atoms with Gasteiger partial charge in [-0.2, -0.15) is 0 Å². The van der Waals surface area contributed by atoms with Crippen LogP contribution in [0.4, 0.5) is 0 Å². The second-order valence-electron chi connectivity index (χ2n) is 0.422. The van der Waals surface area contributed by atoms with Crippen molar-refractivity contribution >= 4 is 6.47 Å². The predicted octanol–water partition coefficient (Wildman–Crippen LogP) is -1.44. The molecule has 0 saturated carbocycles. The Balaban J connectivity index is 2.49. The fourth-order valence-electron chi connectivity index (χ4n) is 0.0430. The molecule has 6 heavy (non-hydrogen) atoms. The van der Waals surface area contributed by atoms with Crippen molar-refractivity contribution in [3.63, 3.8) is 0 Å². The maximum atomic E-state index is 9.02. The minimum absolute atomic E-state index is 0.451. The van der Waals surface area contributed by atoms with Crippen LogP contribution in [-0.4, -0.2) is 11.2 Å². The molecule has 0 aliphatic rings. The molecule has 0 spiro atoms. The zero-order valence-corrected chi connectivity index (χ0v) is 2.75. The number of ether oxygens (including phenoxy) is 1. The summed E-state index contributed by atoms with van der Waals surface area (Å²) in [4.78, 5) is 12.0. The summed E-state index contributed by atoms with van der Waals surface area (Å²) in [6.45, 7) is 1.51. The lowest BCUT2D eigenvalue weighted by Gasteiger charge is -2.20. The number of aliphatic hydroxyl groups is 1. The summed E-state index contributed by atoms with van der Waals surface area (Å²) in [5, 5.41) is 8.86. The van der Waals surface area contributed by atoms with Crippen molar-refractivity contribution in [3.8, 4) is 0 Å². The lowest BCUT2D eigenvalue weighted by molar-refractivity contribution is -0.686. The Morgan fingerprint density at radius 1 is 2.00 bits per heavy atom. The van der Waals surface area contributed by atoms with Crippen LogP contribution in [0.2, 0.25) is 0 Å². The van der Waals surface area contributed by atoms with Gasteiger partial charge in [-0.1, -0.05) is 0 Å². The minimum Gasteiger partial charge on any atom is -0.839 e. The van der Waals surface area contributed by atoms with Crippen LogP contribution in [0.5, 0.6) is 0 Å². The SMILES string of the molecule is O=[C-][OH+][CH-]O[O-]. The molecule has 4 heteroatoms. The van der Waals surface area contributed by atoms with Gasteiger partial charge < -0.3 is 14.9 Å². The minimum atomic E-state index is 0.451. The third-order valence-corrected chi connectivity index (χ3v) is 0.148. The summed E-state index contributed by atoms with van der Waals surface area (Å²) in [6, 6.07) is 0. The first-order valence-corrected chi connectivity index (χ1v) is 1.09. The highest BCUT2D eigenvalue weighted by molar-refractivity contribution is 5.36. The molecule has 0 unspecified atom stereocenters. The highest BCUT2D eigenvalue weighted by Gasteiger charge is 1.44. The molecule has 0 saturated heterocycles. The van der Waals surface area contributed by atoms with Gasteiger partial charge in [0.2, 0.25) is 0 Å². The van der Waals surface area contributed by atoms with Gasteiger partial charge in [-0.05, 0) is 6.79 Å². The molecule has 36 valence electrons. The van der Waals surface area contributed by atoms with Crippen molar-refractivity contribution in [2.24, 2.45) is 0 Å². The summed E-state index contributed by atoms with van der Waals surface area (Å²) >= 11 is 0. The summed E-state index contributed by atoms with van der Waals surface area (Å²) in [5.41, 5.74) is 0. The molecular weight excluding hydrogens is 88.0 g/mol. The normalized spacial score (nSPS) is 7.50. The summed E-state index contributed by atoms with van der Waals surface area (Å²) in [6.07, 6.45) is 0. The van der Waals surface area contributed by atoms with E-state index in [4.69, 9.17) is 10.1 Å². The molecule has 0 aromatic carbocycles. The largest absolute Gasteiger partial charge is 0.839 e. The van der Waals surface area contributed by atoms with Gasteiger partial charge in [0.15, 0.2) is 6.47 Å². The van der Waals surface area contributed by atoms with Crippen LogP contribution in [0.15, 0.2) is 0 Å². The van der Waals surface area contributed by atoms with Crippen molar-refractivity contribution in [2.45, 2.75) is 0 Å². The first-order valence-electron chi connectivity index (χ1n) is 1.09. The van der Waals surface area contributed by atoms with E-state index in [0.29, 0.717) is 6.79 Å². The van der Waals surface area contributed by atoms with Crippen LogP contribution in [0.1, 0.15) is 0 Å². The molecule has 0 heterocycles. The van der Waals surface area contributed by atoms with Crippen molar-refractivity contribution in [1.82, 2.24) is 0 Å². The van der Waals surface area contributed by atoms with Gasteiger partial charge in [-0.15, -0.1) is 0 Å². The molecule has 0 atom stereocenters. The molecule has 0 aromatic rings. The molecule has 0 aliphatic carbocycles. The molecule has 0 aromatic heterocycles. The van der Waals surface area contributed by atoms with Crippen LogP contribution in [0, 0.1) is 6.79 Å². The average molecular weight is 90.0 g/mol. The third kappa shape index (κ3) is 3.39. The predicted molar refractivity (Wildman–Crippen MR) is 13.7 cm³/mol. The van der Waals surface area contributed by atoms with Gasteiger partial charge in [-0.25, -0.2) is 4.79 Å². The van der Waals surface area contributed by atoms with Crippen molar-refractivity contribution in [2.75, 3.05) is 0 Å². The highest BCUT2D eigenvalue weighted by Crippen LogP contribution is 1.62.